The summed E-state index contributed by atoms with van der Waals surface area (Å²) in [5.41, 5.74) is 7.11. The molecule has 1 heterocycles. The van der Waals surface area contributed by atoms with Crippen LogP contribution in [0.2, 0.25) is 0 Å². The molecule has 3 nitrogen and oxygen atoms in total. The van der Waals surface area contributed by atoms with E-state index in [2.05, 4.69) is 4.98 Å². The van der Waals surface area contributed by atoms with Crippen LogP contribution >= 0.6 is 0 Å². The first-order chi connectivity index (χ1) is 5.27. The highest BCUT2D eigenvalue weighted by atomic mass is 16.3. The van der Waals surface area contributed by atoms with E-state index in [0.717, 1.165) is 17.7 Å². The first-order valence-electron chi connectivity index (χ1n) is 3.64. The van der Waals surface area contributed by atoms with Gasteiger partial charge in [-0.3, -0.25) is 4.98 Å². The van der Waals surface area contributed by atoms with Crippen molar-refractivity contribution in [2.45, 2.75) is 19.9 Å². The molecule has 0 spiro atoms. The van der Waals surface area contributed by atoms with Gasteiger partial charge in [-0.1, -0.05) is 6.92 Å². The van der Waals surface area contributed by atoms with Crippen LogP contribution in [-0.4, -0.2) is 10.1 Å². The number of nitrogens with zero attached hydrogens (tertiary/aromatic N) is 1. The lowest BCUT2D eigenvalue weighted by molar-refractivity contribution is 0.465. The largest absolute Gasteiger partial charge is 0.506 e. The van der Waals surface area contributed by atoms with Gasteiger partial charge in [0.05, 0.1) is 6.20 Å². The molecule has 0 amide bonds. The van der Waals surface area contributed by atoms with Crippen LogP contribution in [0.5, 0.6) is 5.75 Å². The van der Waals surface area contributed by atoms with Gasteiger partial charge in [-0.25, -0.2) is 0 Å². The zero-order valence-corrected chi connectivity index (χ0v) is 6.54. The summed E-state index contributed by atoms with van der Waals surface area (Å²) >= 11 is 0. The molecule has 0 saturated carbocycles. The highest BCUT2D eigenvalue weighted by Gasteiger charge is 1.99. The van der Waals surface area contributed by atoms with Crippen LogP contribution in [0.25, 0.3) is 0 Å². The molecule has 1 aromatic heterocycles. The molecule has 60 valence electrons. The van der Waals surface area contributed by atoms with E-state index >= 15 is 0 Å². The molecule has 11 heavy (non-hydrogen) atoms. The number of pyridine rings is 1. The Balaban J connectivity index is 3.02. The van der Waals surface area contributed by atoms with Crippen LogP contribution in [0, 0.1) is 0 Å². The second kappa shape index (κ2) is 3.34. The number of aromatic hydroxyl groups is 1. The van der Waals surface area contributed by atoms with Crippen molar-refractivity contribution in [1.82, 2.24) is 4.98 Å². The molecule has 3 N–H and O–H groups in total. The Morgan fingerprint density at radius 3 is 2.91 bits per heavy atom. The molecular formula is C8H12N2O. The Hall–Kier alpha value is -1.09. The van der Waals surface area contributed by atoms with Crippen molar-refractivity contribution in [3.63, 3.8) is 0 Å². The quantitative estimate of drug-likeness (QED) is 0.659. The maximum Gasteiger partial charge on any atom is 0.138 e. The fourth-order valence-corrected chi connectivity index (χ4v) is 0.896. The van der Waals surface area contributed by atoms with E-state index in [1.165, 1.54) is 6.20 Å². The van der Waals surface area contributed by atoms with Crippen LogP contribution < -0.4 is 5.73 Å². The fourth-order valence-electron chi connectivity index (χ4n) is 0.896. The summed E-state index contributed by atoms with van der Waals surface area (Å²) in [5.74, 6) is 0.185. The molecule has 0 bridgehead atoms. The average molecular weight is 152 g/mol. The van der Waals surface area contributed by atoms with Gasteiger partial charge in [0, 0.05) is 17.8 Å². The molecule has 0 aliphatic heterocycles. The third kappa shape index (κ3) is 1.68. The van der Waals surface area contributed by atoms with E-state index in [1.54, 1.807) is 0 Å². The van der Waals surface area contributed by atoms with Gasteiger partial charge < -0.3 is 10.8 Å². The Morgan fingerprint density at radius 1 is 1.64 bits per heavy atom. The number of hydrogen-bond donors (Lipinski definition) is 2. The highest BCUT2D eigenvalue weighted by molar-refractivity contribution is 5.30. The predicted molar refractivity (Wildman–Crippen MR) is 43.2 cm³/mol. The summed E-state index contributed by atoms with van der Waals surface area (Å²) in [5, 5.41) is 9.19. The van der Waals surface area contributed by atoms with E-state index < -0.39 is 0 Å². The van der Waals surface area contributed by atoms with Gasteiger partial charge in [0.2, 0.25) is 0 Å². The molecule has 0 radical (unpaired) electrons. The van der Waals surface area contributed by atoms with Crippen LogP contribution in [0.3, 0.4) is 0 Å². The Morgan fingerprint density at radius 2 is 2.36 bits per heavy atom. The molecule has 3 heteroatoms. The zero-order valence-electron chi connectivity index (χ0n) is 6.54. The van der Waals surface area contributed by atoms with Crippen molar-refractivity contribution in [3.05, 3.63) is 23.5 Å². The summed E-state index contributed by atoms with van der Waals surface area (Å²) < 4.78 is 0. The van der Waals surface area contributed by atoms with Crippen LogP contribution in [0.1, 0.15) is 18.2 Å². The molecule has 0 aromatic carbocycles. The van der Waals surface area contributed by atoms with Gasteiger partial charge in [-0.05, 0) is 12.5 Å². The van der Waals surface area contributed by atoms with E-state index in [0.29, 0.717) is 6.54 Å². The summed E-state index contributed by atoms with van der Waals surface area (Å²) in [6, 6.07) is 1.83. The molecule has 1 rings (SSSR count). The number of aryl methyl sites for hydroxylation is 1. The lowest BCUT2D eigenvalue weighted by Gasteiger charge is -2.02. The minimum Gasteiger partial charge on any atom is -0.506 e. The van der Waals surface area contributed by atoms with Crippen LogP contribution in [-0.2, 0) is 13.0 Å². The number of hydrogen-bond acceptors (Lipinski definition) is 3. The van der Waals surface area contributed by atoms with Crippen molar-refractivity contribution < 1.29 is 5.11 Å². The summed E-state index contributed by atoms with van der Waals surface area (Å²) in [6.07, 6.45) is 2.31. The van der Waals surface area contributed by atoms with Crippen LogP contribution in [0.15, 0.2) is 12.3 Å². The van der Waals surface area contributed by atoms with Crippen LogP contribution in [0.4, 0.5) is 0 Å². The van der Waals surface area contributed by atoms with E-state index in [1.807, 2.05) is 13.0 Å². The minimum atomic E-state index is 0.185. The standard InChI is InChI=1S/C8H12N2O/c1-2-7-3-6(4-9)8(11)5-10-7/h3,5,11H,2,4,9H2,1H3. The lowest BCUT2D eigenvalue weighted by atomic mass is 10.2. The molecule has 0 aliphatic rings. The number of nitrogens with two attached hydrogens (primary N) is 1. The summed E-state index contributed by atoms with van der Waals surface area (Å²) in [7, 11) is 0. The maximum absolute atomic E-state index is 9.19. The Kier molecular flexibility index (Phi) is 2.44. The van der Waals surface area contributed by atoms with Crippen molar-refractivity contribution >= 4 is 0 Å². The molecular weight excluding hydrogens is 140 g/mol. The van der Waals surface area contributed by atoms with Crippen molar-refractivity contribution in [2.24, 2.45) is 5.73 Å². The van der Waals surface area contributed by atoms with Gasteiger partial charge >= 0.3 is 0 Å². The fraction of sp³-hybridized carbons (Fsp3) is 0.375. The molecule has 0 saturated heterocycles. The highest BCUT2D eigenvalue weighted by Crippen LogP contribution is 2.15. The molecule has 1 aromatic rings. The third-order valence-corrected chi connectivity index (χ3v) is 1.60. The first-order valence-corrected chi connectivity index (χ1v) is 3.64. The number of rotatable bonds is 2. The summed E-state index contributed by atoms with van der Waals surface area (Å²) in [4.78, 5) is 4.00. The van der Waals surface area contributed by atoms with Gasteiger partial charge in [-0.2, -0.15) is 0 Å². The molecule has 0 unspecified atom stereocenters. The van der Waals surface area contributed by atoms with Crippen molar-refractivity contribution in [1.29, 1.82) is 0 Å². The minimum absolute atomic E-state index is 0.185. The van der Waals surface area contributed by atoms with Crippen molar-refractivity contribution in [2.75, 3.05) is 0 Å². The lowest BCUT2D eigenvalue weighted by Crippen LogP contribution is -1.99. The summed E-state index contributed by atoms with van der Waals surface area (Å²) in [6.45, 7) is 2.38. The van der Waals surface area contributed by atoms with Gasteiger partial charge in [0.25, 0.3) is 0 Å². The van der Waals surface area contributed by atoms with Crippen molar-refractivity contribution in [3.8, 4) is 5.75 Å². The molecule has 0 aliphatic carbocycles. The molecule has 0 atom stereocenters. The van der Waals surface area contributed by atoms with Gasteiger partial charge in [0.15, 0.2) is 0 Å². The Labute approximate surface area is 65.9 Å². The number of aromatic nitrogens is 1. The Bertz CT molecular complexity index is 248. The molecule has 0 fully saturated rings. The second-order valence-corrected chi connectivity index (χ2v) is 2.36. The van der Waals surface area contributed by atoms with E-state index in [-0.39, 0.29) is 5.75 Å². The maximum atomic E-state index is 9.19. The van der Waals surface area contributed by atoms with Gasteiger partial charge in [0.1, 0.15) is 5.75 Å². The van der Waals surface area contributed by atoms with E-state index in [4.69, 9.17) is 5.73 Å². The SMILES string of the molecule is CCc1cc(CN)c(O)cn1. The van der Waals surface area contributed by atoms with E-state index in [9.17, 15) is 5.11 Å². The monoisotopic (exact) mass is 152 g/mol. The predicted octanol–water partition coefficient (Wildman–Crippen LogP) is 0.808. The second-order valence-electron chi connectivity index (χ2n) is 2.36. The normalized spacial score (nSPS) is 10.0. The van der Waals surface area contributed by atoms with Gasteiger partial charge in [-0.15, -0.1) is 0 Å². The zero-order chi connectivity index (χ0) is 8.27. The first kappa shape index (κ1) is 8.01. The smallest absolute Gasteiger partial charge is 0.138 e. The third-order valence-electron chi connectivity index (χ3n) is 1.60. The average Bonchev–Trinajstić information content (AvgIpc) is 2.05. The topological polar surface area (TPSA) is 59.1 Å².